The van der Waals surface area contributed by atoms with Gasteiger partial charge in [-0.05, 0) is 61.8 Å². The Morgan fingerprint density at radius 2 is 2.12 bits per heavy atom. The van der Waals surface area contributed by atoms with E-state index in [1.54, 1.807) is 6.92 Å². The molecular formula is C18H21N3O3. The third kappa shape index (κ3) is 2.77. The van der Waals surface area contributed by atoms with Crippen LogP contribution in [0.4, 0.5) is 0 Å². The number of aromatic nitrogens is 2. The highest BCUT2D eigenvalue weighted by molar-refractivity contribution is 5.78. The topological polar surface area (TPSA) is 77.2 Å². The van der Waals surface area contributed by atoms with Crippen molar-refractivity contribution in [3.63, 3.8) is 0 Å². The van der Waals surface area contributed by atoms with Crippen molar-refractivity contribution in [2.45, 2.75) is 51.0 Å². The number of nitrogens with one attached hydrogen (secondary N) is 1. The largest absolute Gasteiger partial charge is 0.484 e. The lowest BCUT2D eigenvalue weighted by Crippen LogP contribution is -2.52. The highest BCUT2D eigenvalue weighted by atomic mass is 16.5. The van der Waals surface area contributed by atoms with Crippen LogP contribution in [-0.4, -0.2) is 22.7 Å². The van der Waals surface area contributed by atoms with E-state index in [0.717, 1.165) is 37.9 Å². The van der Waals surface area contributed by atoms with Gasteiger partial charge >= 0.3 is 0 Å². The molecule has 1 N–H and O–H groups in total. The zero-order chi connectivity index (χ0) is 16.6. The summed E-state index contributed by atoms with van der Waals surface area (Å²) >= 11 is 0. The number of benzene rings is 1. The summed E-state index contributed by atoms with van der Waals surface area (Å²) < 4.78 is 10.7. The Hall–Kier alpha value is -2.37. The maximum absolute atomic E-state index is 12.3. The van der Waals surface area contributed by atoms with Crippen LogP contribution in [0.1, 0.15) is 48.5 Å². The van der Waals surface area contributed by atoms with Crippen LogP contribution in [0.25, 0.3) is 0 Å². The van der Waals surface area contributed by atoms with Gasteiger partial charge in [0.2, 0.25) is 5.89 Å². The summed E-state index contributed by atoms with van der Waals surface area (Å²) in [6.07, 6.45) is 6.14. The molecule has 1 heterocycles. The summed E-state index contributed by atoms with van der Waals surface area (Å²) in [6.45, 7) is 1.75. The van der Waals surface area contributed by atoms with Crippen molar-refractivity contribution in [3.05, 3.63) is 41.0 Å². The molecule has 1 amide bonds. The summed E-state index contributed by atoms with van der Waals surface area (Å²) in [5, 5.41) is 7.01. The molecule has 126 valence electrons. The maximum atomic E-state index is 12.3. The van der Waals surface area contributed by atoms with E-state index in [4.69, 9.17) is 9.26 Å². The number of amides is 1. The third-order valence-electron chi connectivity index (χ3n) is 4.98. The van der Waals surface area contributed by atoms with Gasteiger partial charge in [-0.1, -0.05) is 11.2 Å². The standard InChI is InChI=1S/C18H21N3O3/c1-12-19-17(21-24-12)18(8-3-9-18)20-16(22)11-23-15-7-6-13-4-2-5-14(13)10-15/h6-7,10H,2-5,8-9,11H2,1H3,(H,20,22). The number of fused-ring (bicyclic) bond motifs is 1. The molecule has 0 unspecified atom stereocenters. The lowest BCUT2D eigenvalue weighted by molar-refractivity contribution is -0.126. The minimum Gasteiger partial charge on any atom is -0.484 e. The van der Waals surface area contributed by atoms with E-state index in [9.17, 15) is 4.79 Å². The molecule has 1 aromatic heterocycles. The fourth-order valence-corrected chi connectivity index (χ4v) is 3.52. The van der Waals surface area contributed by atoms with Crippen LogP contribution in [0.3, 0.4) is 0 Å². The third-order valence-corrected chi connectivity index (χ3v) is 4.98. The second-order valence-corrected chi connectivity index (χ2v) is 6.69. The quantitative estimate of drug-likeness (QED) is 0.912. The van der Waals surface area contributed by atoms with Crippen molar-refractivity contribution < 1.29 is 14.1 Å². The first-order chi connectivity index (χ1) is 11.6. The predicted molar refractivity (Wildman–Crippen MR) is 86.7 cm³/mol. The first kappa shape index (κ1) is 15.2. The number of carbonyl (C=O) groups excluding carboxylic acids is 1. The lowest BCUT2D eigenvalue weighted by Gasteiger charge is -2.39. The molecular weight excluding hydrogens is 306 g/mol. The van der Waals surface area contributed by atoms with Crippen LogP contribution < -0.4 is 10.1 Å². The molecule has 4 rings (SSSR count). The molecule has 0 radical (unpaired) electrons. The van der Waals surface area contributed by atoms with Crippen molar-refractivity contribution in [2.24, 2.45) is 0 Å². The number of hydrogen-bond acceptors (Lipinski definition) is 5. The van der Waals surface area contributed by atoms with Crippen molar-refractivity contribution in [1.82, 2.24) is 15.5 Å². The van der Waals surface area contributed by atoms with Crippen LogP contribution in [0, 0.1) is 6.92 Å². The van der Waals surface area contributed by atoms with E-state index < -0.39 is 5.54 Å². The Morgan fingerprint density at radius 1 is 1.29 bits per heavy atom. The molecule has 0 spiro atoms. The molecule has 0 atom stereocenters. The Morgan fingerprint density at radius 3 is 2.83 bits per heavy atom. The summed E-state index contributed by atoms with van der Waals surface area (Å²) in [6, 6.07) is 6.10. The van der Waals surface area contributed by atoms with Crippen molar-refractivity contribution in [1.29, 1.82) is 0 Å². The highest BCUT2D eigenvalue weighted by Gasteiger charge is 2.44. The monoisotopic (exact) mass is 327 g/mol. The van der Waals surface area contributed by atoms with Gasteiger partial charge in [-0.15, -0.1) is 0 Å². The molecule has 6 nitrogen and oxygen atoms in total. The number of ether oxygens (including phenoxy) is 1. The van der Waals surface area contributed by atoms with Gasteiger partial charge in [0.25, 0.3) is 5.91 Å². The fourth-order valence-electron chi connectivity index (χ4n) is 3.52. The SMILES string of the molecule is Cc1nc(C2(NC(=O)COc3ccc4c(c3)CCC4)CCC2)no1. The molecule has 24 heavy (non-hydrogen) atoms. The molecule has 1 fully saturated rings. The molecule has 0 aliphatic heterocycles. The zero-order valence-corrected chi connectivity index (χ0v) is 13.8. The van der Waals surface area contributed by atoms with Gasteiger partial charge in [0.1, 0.15) is 11.3 Å². The molecule has 2 aromatic rings. The summed E-state index contributed by atoms with van der Waals surface area (Å²) in [4.78, 5) is 16.6. The number of aryl methyl sites for hydroxylation is 3. The number of nitrogens with zero attached hydrogens (tertiary/aromatic N) is 2. The van der Waals surface area contributed by atoms with Gasteiger partial charge in [0.15, 0.2) is 12.4 Å². The van der Waals surface area contributed by atoms with Crippen molar-refractivity contribution >= 4 is 5.91 Å². The number of carbonyl (C=O) groups is 1. The van der Waals surface area contributed by atoms with E-state index in [0.29, 0.717) is 11.7 Å². The molecule has 6 heteroatoms. The molecule has 1 aromatic carbocycles. The van der Waals surface area contributed by atoms with E-state index in [1.165, 1.54) is 17.5 Å². The van der Waals surface area contributed by atoms with Crippen LogP contribution in [0.5, 0.6) is 5.75 Å². The second-order valence-electron chi connectivity index (χ2n) is 6.69. The van der Waals surface area contributed by atoms with Gasteiger partial charge in [-0.25, -0.2) is 0 Å². The average molecular weight is 327 g/mol. The summed E-state index contributed by atoms with van der Waals surface area (Å²) in [7, 11) is 0. The molecule has 0 bridgehead atoms. The van der Waals surface area contributed by atoms with Gasteiger partial charge < -0.3 is 14.6 Å². The Bertz CT molecular complexity index is 765. The van der Waals surface area contributed by atoms with E-state index in [2.05, 4.69) is 27.6 Å². The molecule has 2 aliphatic rings. The van der Waals surface area contributed by atoms with Crippen molar-refractivity contribution in [2.75, 3.05) is 6.61 Å². The minimum absolute atomic E-state index is 0.00261. The van der Waals surface area contributed by atoms with E-state index in [1.807, 2.05) is 6.07 Å². The van der Waals surface area contributed by atoms with Crippen molar-refractivity contribution in [3.8, 4) is 5.75 Å². The Labute approximate surface area is 140 Å². The summed E-state index contributed by atoms with van der Waals surface area (Å²) in [5.74, 6) is 1.68. The van der Waals surface area contributed by atoms with Crippen LogP contribution >= 0.6 is 0 Å². The highest BCUT2D eigenvalue weighted by Crippen LogP contribution is 2.39. The number of hydrogen-bond donors (Lipinski definition) is 1. The second kappa shape index (κ2) is 5.92. The molecule has 2 aliphatic carbocycles. The maximum Gasteiger partial charge on any atom is 0.258 e. The van der Waals surface area contributed by atoms with Crippen LogP contribution in [0.15, 0.2) is 22.7 Å². The first-order valence-electron chi connectivity index (χ1n) is 8.51. The Kier molecular flexibility index (Phi) is 3.75. The number of rotatable bonds is 5. The van der Waals surface area contributed by atoms with Gasteiger partial charge in [-0.3, -0.25) is 4.79 Å². The van der Waals surface area contributed by atoms with Gasteiger partial charge in [0, 0.05) is 6.92 Å². The normalized spacial score (nSPS) is 17.9. The summed E-state index contributed by atoms with van der Waals surface area (Å²) in [5.41, 5.74) is 2.24. The van der Waals surface area contributed by atoms with E-state index in [-0.39, 0.29) is 12.5 Å². The van der Waals surface area contributed by atoms with Gasteiger partial charge in [0.05, 0.1) is 0 Å². The van der Waals surface area contributed by atoms with Crippen LogP contribution in [0.2, 0.25) is 0 Å². The zero-order valence-electron chi connectivity index (χ0n) is 13.8. The first-order valence-corrected chi connectivity index (χ1v) is 8.51. The molecule has 0 saturated heterocycles. The van der Waals surface area contributed by atoms with Crippen LogP contribution in [-0.2, 0) is 23.2 Å². The van der Waals surface area contributed by atoms with Gasteiger partial charge in [-0.2, -0.15) is 4.98 Å². The lowest BCUT2D eigenvalue weighted by atomic mass is 9.76. The molecule has 1 saturated carbocycles. The Balaban J connectivity index is 1.38. The minimum atomic E-state index is -0.490. The van der Waals surface area contributed by atoms with E-state index >= 15 is 0 Å². The fraction of sp³-hybridized carbons (Fsp3) is 0.500. The predicted octanol–water partition coefficient (Wildman–Crippen LogP) is 2.44. The average Bonchev–Trinajstić information content (AvgIpc) is 3.17. The smallest absolute Gasteiger partial charge is 0.258 e.